The van der Waals surface area contributed by atoms with Gasteiger partial charge in [0.2, 0.25) is 5.78 Å². The number of likely N-dealkylation sites (tertiary alicyclic amines) is 1. The molecule has 0 saturated carbocycles. The second kappa shape index (κ2) is 6.32. The molecule has 0 aromatic heterocycles. The van der Waals surface area contributed by atoms with Crippen molar-refractivity contribution in [3.8, 4) is 0 Å². The molecule has 1 fully saturated rings. The van der Waals surface area contributed by atoms with Crippen molar-refractivity contribution in [3.63, 3.8) is 0 Å². The van der Waals surface area contributed by atoms with E-state index in [1.165, 1.54) is 4.90 Å². The second-order valence-corrected chi connectivity index (χ2v) is 4.98. The number of hydrogen-bond acceptors (Lipinski definition) is 3. The van der Waals surface area contributed by atoms with Gasteiger partial charge in [0.05, 0.1) is 6.42 Å². The zero-order chi connectivity index (χ0) is 14.5. The third kappa shape index (κ3) is 3.44. The number of carboxylic acid groups (broad SMARTS) is 1. The van der Waals surface area contributed by atoms with Crippen molar-refractivity contribution in [2.75, 3.05) is 6.54 Å². The van der Waals surface area contributed by atoms with Gasteiger partial charge in [0.1, 0.15) is 0 Å². The van der Waals surface area contributed by atoms with Gasteiger partial charge >= 0.3 is 5.97 Å². The third-order valence-corrected chi connectivity index (χ3v) is 3.49. The maximum Gasteiger partial charge on any atom is 0.305 e. The summed E-state index contributed by atoms with van der Waals surface area (Å²) in [5.74, 6) is -1.98. The molecule has 1 amide bonds. The van der Waals surface area contributed by atoms with E-state index in [4.69, 9.17) is 5.11 Å². The molecular formula is C15H17NO4. The minimum atomic E-state index is -0.940. The summed E-state index contributed by atoms with van der Waals surface area (Å²) >= 11 is 0. The van der Waals surface area contributed by atoms with Gasteiger partial charge in [-0.05, 0) is 18.4 Å². The number of carbonyl (C=O) groups is 3. The van der Waals surface area contributed by atoms with E-state index in [0.717, 1.165) is 12.0 Å². The molecule has 1 saturated heterocycles. The summed E-state index contributed by atoms with van der Waals surface area (Å²) in [4.78, 5) is 36.3. The molecule has 1 atom stereocenters. The van der Waals surface area contributed by atoms with Crippen LogP contribution in [-0.2, 0) is 20.8 Å². The number of carboxylic acids is 1. The molecule has 1 N–H and O–H groups in total. The van der Waals surface area contributed by atoms with Crippen LogP contribution in [0.15, 0.2) is 30.3 Å². The molecule has 1 aromatic carbocycles. The first-order valence-corrected chi connectivity index (χ1v) is 6.67. The van der Waals surface area contributed by atoms with Crippen molar-refractivity contribution >= 4 is 17.7 Å². The lowest BCUT2D eigenvalue weighted by Gasteiger charge is -2.22. The van der Waals surface area contributed by atoms with Gasteiger partial charge in [-0.3, -0.25) is 14.4 Å². The Morgan fingerprint density at radius 2 is 1.90 bits per heavy atom. The lowest BCUT2D eigenvalue weighted by atomic mass is 10.1. The number of benzene rings is 1. The number of nitrogens with zero attached hydrogens (tertiary/aromatic N) is 1. The summed E-state index contributed by atoms with van der Waals surface area (Å²) < 4.78 is 0. The summed E-state index contributed by atoms with van der Waals surface area (Å²) in [6, 6.07) is 8.72. The van der Waals surface area contributed by atoms with E-state index >= 15 is 0 Å². The Labute approximate surface area is 117 Å². The number of amides is 1. The van der Waals surface area contributed by atoms with Crippen LogP contribution in [0.1, 0.15) is 24.8 Å². The van der Waals surface area contributed by atoms with Crippen LogP contribution >= 0.6 is 0 Å². The van der Waals surface area contributed by atoms with E-state index in [1.54, 1.807) is 12.1 Å². The quantitative estimate of drug-likeness (QED) is 0.821. The molecule has 1 aliphatic heterocycles. The zero-order valence-electron chi connectivity index (χ0n) is 11.1. The van der Waals surface area contributed by atoms with Crippen LogP contribution in [-0.4, -0.2) is 40.3 Å². The van der Waals surface area contributed by atoms with Gasteiger partial charge in [-0.2, -0.15) is 0 Å². The molecule has 0 aliphatic carbocycles. The van der Waals surface area contributed by atoms with Crippen LogP contribution in [0.3, 0.4) is 0 Å². The van der Waals surface area contributed by atoms with Crippen molar-refractivity contribution in [3.05, 3.63) is 35.9 Å². The normalized spacial score (nSPS) is 18.0. The Bertz CT molecular complexity index is 512. The molecular weight excluding hydrogens is 258 g/mol. The number of Topliss-reactive ketones (excluding diaryl/α,β-unsaturated/α-hetero) is 1. The van der Waals surface area contributed by atoms with Crippen LogP contribution in [0.25, 0.3) is 0 Å². The first-order valence-electron chi connectivity index (χ1n) is 6.67. The maximum absolute atomic E-state index is 12.1. The third-order valence-electron chi connectivity index (χ3n) is 3.49. The second-order valence-electron chi connectivity index (χ2n) is 4.98. The van der Waals surface area contributed by atoms with Crippen LogP contribution in [0.4, 0.5) is 0 Å². The fourth-order valence-corrected chi connectivity index (χ4v) is 2.53. The van der Waals surface area contributed by atoms with E-state index < -0.39 is 17.7 Å². The first-order chi connectivity index (χ1) is 9.58. The minimum Gasteiger partial charge on any atom is -0.481 e. The highest BCUT2D eigenvalue weighted by molar-refractivity contribution is 6.36. The highest BCUT2D eigenvalue weighted by atomic mass is 16.4. The molecule has 1 aliphatic rings. The molecule has 0 unspecified atom stereocenters. The Morgan fingerprint density at radius 1 is 1.20 bits per heavy atom. The van der Waals surface area contributed by atoms with Crippen molar-refractivity contribution in [1.82, 2.24) is 4.90 Å². The summed E-state index contributed by atoms with van der Waals surface area (Å²) in [7, 11) is 0. The van der Waals surface area contributed by atoms with Gasteiger partial charge in [0.25, 0.3) is 5.91 Å². The molecule has 0 spiro atoms. The van der Waals surface area contributed by atoms with E-state index in [-0.39, 0.29) is 18.9 Å². The lowest BCUT2D eigenvalue weighted by molar-refractivity contribution is -0.146. The van der Waals surface area contributed by atoms with E-state index in [0.29, 0.717) is 13.0 Å². The Balaban J connectivity index is 1.99. The molecule has 0 radical (unpaired) electrons. The fraction of sp³-hybridized carbons (Fsp3) is 0.400. The van der Waals surface area contributed by atoms with Crippen LogP contribution in [0, 0.1) is 0 Å². The van der Waals surface area contributed by atoms with Gasteiger partial charge in [0.15, 0.2) is 0 Å². The first kappa shape index (κ1) is 14.2. The van der Waals surface area contributed by atoms with Crippen LogP contribution in [0.2, 0.25) is 0 Å². The van der Waals surface area contributed by atoms with E-state index in [2.05, 4.69) is 0 Å². The molecule has 106 valence electrons. The van der Waals surface area contributed by atoms with Crippen LogP contribution in [0.5, 0.6) is 0 Å². The summed E-state index contributed by atoms with van der Waals surface area (Å²) in [5.41, 5.74) is 0.792. The maximum atomic E-state index is 12.1. The van der Waals surface area contributed by atoms with Gasteiger partial charge < -0.3 is 10.0 Å². The number of carbonyl (C=O) groups excluding carboxylic acids is 2. The molecule has 5 heteroatoms. The van der Waals surface area contributed by atoms with Gasteiger partial charge in [0, 0.05) is 19.0 Å². The zero-order valence-corrected chi connectivity index (χ0v) is 11.1. The lowest BCUT2D eigenvalue weighted by Crippen LogP contribution is -2.41. The monoisotopic (exact) mass is 275 g/mol. The predicted molar refractivity (Wildman–Crippen MR) is 72.1 cm³/mol. The fourth-order valence-electron chi connectivity index (χ4n) is 2.53. The smallest absolute Gasteiger partial charge is 0.305 e. The Hall–Kier alpha value is -2.17. The molecule has 2 rings (SSSR count). The minimum absolute atomic E-state index is 0.0654. The van der Waals surface area contributed by atoms with Crippen molar-refractivity contribution in [2.24, 2.45) is 0 Å². The predicted octanol–water partition coefficient (Wildman–Crippen LogP) is 1.26. The molecule has 0 bridgehead atoms. The Morgan fingerprint density at radius 3 is 2.55 bits per heavy atom. The highest BCUT2D eigenvalue weighted by Crippen LogP contribution is 2.20. The average Bonchev–Trinajstić information content (AvgIpc) is 2.86. The number of rotatable bonds is 5. The number of hydrogen-bond donors (Lipinski definition) is 1. The van der Waals surface area contributed by atoms with Gasteiger partial charge in [-0.25, -0.2) is 0 Å². The average molecular weight is 275 g/mol. The van der Waals surface area contributed by atoms with Crippen molar-refractivity contribution in [2.45, 2.75) is 31.7 Å². The van der Waals surface area contributed by atoms with Crippen LogP contribution < -0.4 is 0 Å². The van der Waals surface area contributed by atoms with Crippen molar-refractivity contribution < 1.29 is 19.5 Å². The van der Waals surface area contributed by atoms with E-state index in [1.807, 2.05) is 18.2 Å². The number of ketones is 1. The summed E-state index contributed by atoms with van der Waals surface area (Å²) in [6.07, 6.45) is 1.37. The van der Waals surface area contributed by atoms with Gasteiger partial charge in [-0.1, -0.05) is 30.3 Å². The van der Waals surface area contributed by atoms with Gasteiger partial charge in [-0.15, -0.1) is 0 Å². The molecule has 1 aromatic rings. The van der Waals surface area contributed by atoms with Crippen molar-refractivity contribution in [1.29, 1.82) is 0 Å². The summed E-state index contributed by atoms with van der Waals surface area (Å²) in [6.45, 7) is 0.470. The number of aliphatic carboxylic acids is 1. The molecule has 1 heterocycles. The molecule has 5 nitrogen and oxygen atoms in total. The summed E-state index contributed by atoms with van der Waals surface area (Å²) in [5, 5.41) is 8.82. The highest BCUT2D eigenvalue weighted by Gasteiger charge is 2.33. The standard InChI is InChI=1S/C15H17NO4/c17-13(9-11-5-2-1-3-6-11)15(20)16-8-4-7-12(16)10-14(18)19/h1-3,5-6,12H,4,7-10H2,(H,18,19)/t12-/m0/s1. The Kier molecular flexibility index (Phi) is 4.50. The topological polar surface area (TPSA) is 74.7 Å². The largest absolute Gasteiger partial charge is 0.481 e. The SMILES string of the molecule is O=C(O)C[C@@H]1CCCN1C(=O)C(=O)Cc1ccccc1. The van der Waals surface area contributed by atoms with E-state index in [9.17, 15) is 14.4 Å². The molecule has 20 heavy (non-hydrogen) atoms.